The van der Waals surface area contributed by atoms with Gasteiger partial charge in [0.25, 0.3) is 0 Å². The summed E-state index contributed by atoms with van der Waals surface area (Å²) in [6, 6.07) is 27.6. The standard InChI is InChI=1S/C26H19NOS/c1-16-7-10-18(11-8-16)27-22-6-4-3-5-19(22)20-13-14-23-25(26(20)27)21-12-9-17(2)15-24(21)29(23)28/h3-15H,1-2H3. The second-order valence-electron chi connectivity index (χ2n) is 7.79. The largest absolute Gasteiger partial charge is 0.309 e. The Hall–Kier alpha value is -3.17. The van der Waals surface area contributed by atoms with Gasteiger partial charge in [-0.15, -0.1) is 0 Å². The van der Waals surface area contributed by atoms with Crippen LogP contribution < -0.4 is 0 Å². The van der Waals surface area contributed by atoms with E-state index in [4.69, 9.17) is 0 Å². The van der Waals surface area contributed by atoms with Gasteiger partial charge in [0, 0.05) is 27.6 Å². The summed E-state index contributed by atoms with van der Waals surface area (Å²) in [4.78, 5) is 1.84. The molecule has 1 aromatic heterocycles. The van der Waals surface area contributed by atoms with Crippen LogP contribution in [0.1, 0.15) is 11.1 Å². The Labute approximate surface area is 171 Å². The first-order chi connectivity index (χ1) is 14.1. The van der Waals surface area contributed by atoms with Gasteiger partial charge in [0.15, 0.2) is 0 Å². The summed E-state index contributed by atoms with van der Waals surface area (Å²) in [5, 5.41) is 2.42. The number of hydrogen-bond acceptors (Lipinski definition) is 1. The molecule has 0 saturated carbocycles. The number of aromatic nitrogens is 1. The number of hydrogen-bond donors (Lipinski definition) is 0. The van der Waals surface area contributed by atoms with E-state index < -0.39 is 10.8 Å². The normalized spacial score (nSPS) is 15.0. The van der Waals surface area contributed by atoms with E-state index in [2.05, 4.69) is 97.3 Å². The Kier molecular flexibility index (Phi) is 3.42. The second kappa shape index (κ2) is 5.91. The van der Waals surface area contributed by atoms with Gasteiger partial charge in [0.2, 0.25) is 0 Å². The maximum Gasteiger partial charge on any atom is 0.0863 e. The van der Waals surface area contributed by atoms with Gasteiger partial charge < -0.3 is 4.57 Å². The number of aryl methyl sites for hydroxylation is 2. The average molecular weight is 394 g/mol. The number of benzene rings is 4. The summed E-state index contributed by atoms with van der Waals surface area (Å²) in [5.41, 5.74) is 8.01. The Morgan fingerprint density at radius 1 is 0.724 bits per heavy atom. The monoisotopic (exact) mass is 393 g/mol. The molecule has 3 heteroatoms. The van der Waals surface area contributed by atoms with Gasteiger partial charge in [0.05, 0.1) is 31.6 Å². The topological polar surface area (TPSA) is 22.0 Å². The number of fused-ring (bicyclic) bond motifs is 7. The molecule has 0 saturated heterocycles. The lowest BCUT2D eigenvalue weighted by Gasteiger charge is -2.11. The molecule has 140 valence electrons. The van der Waals surface area contributed by atoms with Crippen molar-refractivity contribution in [3.05, 3.63) is 90.0 Å². The Morgan fingerprint density at radius 3 is 2.31 bits per heavy atom. The Balaban J connectivity index is 1.84. The zero-order chi connectivity index (χ0) is 19.7. The third-order valence-electron chi connectivity index (χ3n) is 5.90. The molecular weight excluding hydrogens is 374 g/mol. The van der Waals surface area contributed by atoms with Crippen LogP contribution in [0.25, 0.3) is 38.6 Å². The van der Waals surface area contributed by atoms with Crippen molar-refractivity contribution < 1.29 is 4.21 Å². The molecule has 0 bridgehead atoms. The highest BCUT2D eigenvalue weighted by molar-refractivity contribution is 7.85. The number of nitrogens with zero attached hydrogens (tertiary/aromatic N) is 1. The van der Waals surface area contributed by atoms with Gasteiger partial charge in [-0.25, -0.2) is 4.21 Å². The molecule has 2 nitrogen and oxygen atoms in total. The van der Waals surface area contributed by atoms with E-state index in [1.54, 1.807) is 0 Å². The fourth-order valence-corrected chi connectivity index (χ4v) is 6.01. The van der Waals surface area contributed by atoms with Gasteiger partial charge in [-0.2, -0.15) is 0 Å². The molecule has 5 aromatic rings. The van der Waals surface area contributed by atoms with Crippen molar-refractivity contribution in [2.45, 2.75) is 23.6 Å². The summed E-state index contributed by atoms with van der Waals surface area (Å²) in [6.45, 7) is 4.16. The van der Waals surface area contributed by atoms with E-state index in [1.807, 2.05) is 0 Å². The summed E-state index contributed by atoms with van der Waals surface area (Å²) in [5.74, 6) is 0. The third-order valence-corrected chi connectivity index (χ3v) is 7.37. The van der Waals surface area contributed by atoms with E-state index in [1.165, 1.54) is 21.9 Å². The van der Waals surface area contributed by atoms with Crippen molar-refractivity contribution in [2.75, 3.05) is 0 Å². The van der Waals surface area contributed by atoms with Crippen molar-refractivity contribution in [1.29, 1.82) is 0 Å². The van der Waals surface area contributed by atoms with Crippen LogP contribution in [0.15, 0.2) is 88.7 Å². The lowest BCUT2D eigenvalue weighted by Crippen LogP contribution is -1.95. The highest BCUT2D eigenvalue weighted by Crippen LogP contribution is 2.47. The van der Waals surface area contributed by atoms with Crippen molar-refractivity contribution in [2.24, 2.45) is 0 Å². The van der Waals surface area contributed by atoms with Crippen LogP contribution in [0.5, 0.6) is 0 Å². The molecule has 0 radical (unpaired) electrons. The van der Waals surface area contributed by atoms with Gasteiger partial charge in [-0.05, 0) is 49.7 Å². The zero-order valence-corrected chi connectivity index (χ0v) is 17.1. The van der Waals surface area contributed by atoms with Gasteiger partial charge >= 0.3 is 0 Å². The van der Waals surface area contributed by atoms with Crippen LogP contribution in [0.2, 0.25) is 0 Å². The lowest BCUT2D eigenvalue weighted by molar-refractivity contribution is 0.685. The van der Waals surface area contributed by atoms with Crippen LogP contribution in [0, 0.1) is 13.8 Å². The minimum Gasteiger partial charge on any atom is -0.309 e. The molecule has 0 fully saturated rings. The predicted molar refractivity (Wildman–Crippen MR) is 120 cm³/mol. The summed E-state index contributed by atoms with van der Waals surface area (Å²) in [7, 11) is -1.14. The molecular formula is C26H19NOS. The fourth-order valence-electron chi connectivity index (χ4n) is 4.52. The lowest BCUT2D eigenvalue weighted by atomic mass is 10.0. The second-order valence-corrected chi connectivity index (χ2v) is 9.21. The molecule has 0 N–H and O–H groups in total. The first-order valence-electron chi connectivity index (χ1n) is 9.79. The SMILES string of the molecule is Cc1ccc(-n2c3ccccc3c3ccc4c(c32)-c2ccc(C)cc2S4=O)cc1. The molecule has 1 atom stereocenters. The maximum atomic E-state index is 13.3. The van der Waals surface area contributed by atoms with Crippen molar-refractivity contribution in [1.82, 2.24) is 4.57 Å². The zero-order valence-electron chi connectivity index (χ0n) is 16.3. The maximum absolute atomic E-state index is 13.3. The van der Waals surface area contributed by atoms with E-state index in [-0.39, 0.29) is 0 Å². The van der Waals surface area contributed by atoms with E-state index in [9.17, 15) is 4.21 Å². The van der Waals surface area contributed by atoms with Crippen LogP contribution in [0.4, 0.5) is 0 Å². The summed E-state index contributed by atoms with van der Waals surface area (Å²) >= 11 is 0. The van der Waals surface area contributed by atoms with Gasteiger partial charge in [-0.3, -0.25) is 0 Å². The molecule has 1 aliphatic rings. The summed E-state index contributed by atoms with van der Waals surface area (Å²) < 4.78 is 15.6. The fraction of sp³-hybridized carbons (Fsp3) is 0.0769. The van der Waals surface area contributed by atoms with E-state index in [0.29, 0.717) is 0 Å². The van der Waals surface area contributed by atoms with Crippen LogP contribution in [-0.2, 0) is 10.8 Å². The Morgan fingerprint density at radius 2 is 1.48 bits per heavy atom. The molecule has 29 heavy (non-hydrogen) atoms. The predicted octanol–water partition coefficient (Wildman–Crippen LogP) is 6.55. The Bertz CT molecular complexity index is 1470. The molecule has 6 rings (SSSR count). The highest BCUT2D eigenvalue weighted by atomic mass is 32.2. The van der Waals surface area contributed by atoms with E-state index in [0.717, 1.165) is 37.7 Å². The smallest absolute Gasteiger partial charge is 0.0863 e. The summed E-state index contributed by atoms with van der Waals surface area (Å²) in [6.07, 6.45) is 0. The molecule has 2 heterocycles. The quantitative estimate of drug-likeness (QED) is 0.310. The number of para-hydroxylation sites is 1. The number of rotatable bonds is 1. The van der Waals surface area contributed by atoms with Crippen molar-refractivity contribution in [3.8, 4) is 16.8 Å². The van der Waals surface area contributed by atoms with Gasteiger partial charge in [0.1, 0.15) is 0 Å². The molecule has 0 aliphatic carbocycles. The van der Waals surface area contributed by atoms with Crippen molar-refractivity contribution in [3.63, 3.8) is 0 Å². The van der Waals surface area contributed by atoms with Crippen molar-refractivity contribution >= 4 is 32.6 Å². The minimum absolute atomic E-state index is 0.911. The first-order valence-corrected chi connectivity index (χ1v) is 10.9. The molecule has 0 spiro atoms. The highest BCUT2D eigenvalue weighted by Gasteiger charge is 2.30. The van der Waals surface area contributed by atoms with Crippen LogP contribution in [-0.4, -0.2) is 8.78 Å². The average Bonchev–Trinajstić information content (AvgIpc) is 3.21. The first kappa shape index (κ1) is 16.8. The molecule has 1 aliphatic heterocycles. The third kappa shape index (κ3) is 2.25. The molecule has 0 amide bonds. The molecule has 4 aromatic carbocycles. The van der Waals surface area contributed by atoms with Crippen LogP contribution in [0.3, 0.4) is 0 Å². The minimum atomic E-state index is -1.14. The van der Waals surface area contributed by atoms with Crippen LogP contribution >= 0.6 is 0 Å². The van der Waals surface area contributed by atoms with E-state index >= 15 is 0 Å². The van der Waals surface area contributed by atoms with Gasteiger partial charge in [-0.1, -0.05) is 54.1 Å². The molecule has 1 unspecified atom stereocenters.